The fourth-order valence-corrected chi connectivity index (χ4v) is 4.84. The fourth-order valence-electron chi connectivity index (χ4n) is 2.43. The molecule has 0 aromatic carbocycles. The lowest BCUT2D eigenvalue weighted by atomic mass is 10.0. The van der Waals surface area contributed by atoms with Crippen LogP contribution in [0.5, 0.6) is 0 Å². The summed E-state index contributed by atoms with van der Waals surface area (Å²) in [6.07, 6.45) is 1.50. The van der Waals surface area contributed by atoms with Crippen molar-refractivity contribution in [3.8, 4) is 23.5 Å². The molecule has 0 amide bonds. The van der Waals surface area contributed by atoms with Crippen LogP contribution in [0.2, 0.25) is 0 Å². The van der Waals surface area contributed by atoms with Gasteiger partial charge >= 0.3 is 0 Å². The molecule has 104 valence electrons. The van der Waals surface area contributed by atoms with Gasteiger partial charge in [-0.3, -0.25) is 5.41 Å². The summed E-state index contributed by atoms with van der Waals surface area (Å²) in [5.74, 6) is 1.27. The molecule has 1 atom stereocenters. The predicted molar refractivity (Wildman–Crippen MR) is 86.1 cm³/mol. The van der Waals surface area contributed by atoms with Gasteiger partial charge in [-0.2, -0.15) is 10.5 Å². The largest absolute Gasteiger partial charge is 0.464 e. The van der Waals surface area contributed by atoms with Crippen LogP contribution in [0.1, 0.15) is 17.2 Å². The zero-order valence-corrected chi connectivity index (χ0v) is 13.7. The number of nitriles is 2. The van der Waals surface area contributed by atoms with Crippen LogP contribution in [0.15, 0.2) is 27.8 Å². The van der Waals surface area contributed by atoms with E-state index in [2.05, 4.69) is 34.7 Å². The first kappa shape index (κ1) is 14.2. The van der Waals surface area contributed by atoms with E-state index in [-0.39, 0.29) is 17.1 Å². The van der Waals surface area contributed by atoms with Crippen LogP contribution in [-0.2, 0) is 0 Å². The Hall–Kier alpha value is -1.71. The first-order valence-electron chi connectivity index (χ1n) is 6.12. The van der Waals surface area contributed by atoms with E-state index in [4.69, 9.17) is 9.83 Å². The van der Waals surface area contributed by atoms with Crippen molar-refractivity contribution in [3.63, 3.8) is 0 Å². The molecule has 3 heterocycles. The highest BCUT2D eigenvalue weighted by atomic mass is 127. The molecule has 1 aliphatic rings. The van der Waals surface area contributed by atoms with E-state index in [1.807, 2.05) is 0 Å². The van der Waals surface area contributed by atoms with E-state index >= 15 is 0 Å². The minimum Gasteiger partial charge on any atom is -0.464 e. The van der Waals surface area contributed by atoms with Gasteiger partial charge in [0.1, 0.15) is 28.9 Å². The number of hydrogen-bond donors (Lipinski definition) is 1. The maximum atomic E-state index is 9.56. The smallest absolute Gasteiger partial charge is 0.144 e. The van der Waals surface area contributed by atoms with Gasteiger partial charge in [-0.05, 0) is 12.1 Å². The molecule has 1 aliphatic heterocycles. The molecule has 5 nitrogen and oxygen atoms in total. The summed E-state index contributed by atoms with van der Waals surface area (Å²) >= 11 is 3.83. The van der Waals surface area contributed by atoms with Crippen molar-refractivity contribution < 1.29 is 4.42 Å². The van der Waals surface area contributed by atoms with Gasteiger partial charge in [0.05, 0.1) is 28.5 Å². The molecule has 0 saturated carbocycles. The number of rotatable bonds is 2. The molecule has 7 heteroatoms. The van der Waals surface area contributed by atoms with Gasteiger partial charge in [-0.1, -0.05) is 22.6 Å². The highest BCUT2D eigenvalue weighted by molar-refractivity contribution is 14.1. The molecule has 0 unspecified atom stereocenters. The zero-order chi connectivity index (χ0) is 15.0. The Morgan fingerprint density at radius 3 is 2.76 bits per heavy atom. The lowest BCUT2D eigenvalue weighted by Gasteiger charge is -2.15. The Kier molecular flexibility index (Phi) is 3.79. The average molecular weight is 408 g/mol. The maximum absolute atomic E-state index is 9.56. The molecule has 0 saturated heterocycles. The number of alkyl halides is 1. The van der Waals surface area contributed by atoms with Gasteiger partial charge < -0.3 is 8.98 Å². The van der Waals surface area contributed by atoms with E-state index in [1.54, 1.807) is 28.5 Å². The highest BCUT2D eigenvalue weighted by Crippen LogP contribution is 2.39. The summed E-state index contributed by atoms with van der Waals surface area (Å²) in [4.78, 5) is 0. The average Bonchev–Trinajstić information content (AvgIpc) is 3.16. The number of thioether (sulfide) groups is 1. The van der Waals surface area contributed by atoms with Crippen LogP contribution in [0, 0.1) is 28.1 Å². The summed E-state index contributed by atoms with van der Waals surface area (Å²) in [5.41, 5.74) is 1.21. The Balaban J connectivity index is 2.44. The molecule has 21 heavy (non-hydrogen) atoms. The van der Waals surface area contributed by atoms with Gasteiger partial charge in [0.15, 0.2) is 0 Å². The third kappa shape index (κ3) is 2.08. The van der Waals surface area contributed by atoms with Gasteiger partial charge in [-0.15, -0.1) is 11.8 Å². The number of nitrogens with zero attached hydrogens (tertiary/aromatic N) is 3. The zero-order valence-electron chi connectivity index (χ0n) is 10.8. The normalized spacial score (nSPS) is 16.2. The quantitative estimate of drug-likeness (QED) is 0.611. The van der Waals surface area contributed by atoms with Crippen molar-refractivity contribution in [2.24, 2.45) is 0 Å². The summed E-state index contributed by atoms with van der Waals surface area (Å²) in [6, 6.07) is 7.83. The van der Waals surface area contributed by atoms with Gasteiger partial charge in [0, 0.05) is 10.2 Å². The predicted octanol–water partition coefficient (Wildman–Crippen LogP) is 3.05. The van der Waals surface area contributed by atoms with Crippen molar-refractivity contribution in [1.82, 2.24) is 4.57 Å². The van der Waals surface area contributed by atoms with Crippen LogP contribution >= 0.6 is 34.4 Å². The molecule has 2 aromatic heterocycles. The Morgan fingerprint density at radius 2 is 2.19 bits per heavy atom. The van der Waals surface area contributed by atoms with Crippen molar-refractivity contribution >= 4 is 34.4 Å². The second-order valence-electron chi connectivity index (χ2n) is 4.47. The molecule has 0 radical (unpaired) electrons. The standard InChI is InChI=1S/C14H9IN4OS/c15-4-8-7-21-14-10(6-17)12(11-2-1-3-20-11)9(5-16)13(18)19(8)14/h1-3,8,18H,4,7H2/t8-/m0/s1. The van der Waals surface area contributed by atoms with E-state index in [9.17, 15) is 10.5 Å². The lowest BCUT2D eigenvalue weighted by Crippen LogP contribution is -2.28. The van der Waals surface area contributed by atoms with Crippen molar-refractivity contribution in [1.29, 1.82) is 15.9 Å². The maximum Gasteiger partial charge on any atom is 0.144 e. The summed E-state index contributed by atoms with van der Waals surface area (Å²) < 4.78 is 8.01. The Labute approximate surface area is 138 Å². The molecule has 3 rings (SSSR count). The first-order valence-corrected chi connectivity index (χ1v) is 8.64. The van der Waals surface area contributed by atoms with E-state index in [0.717, 1.165) is 15.2 Å². The van der Waals surface area contributed by atoms with Gasteiger partial charge in [0.25, 0.3) is 0 Å². The molecule has 0 fully saturated rings. The SMILES string of the molecule is N#Cc1c(-c2ccco2)c(C#N)c(=N)n2c1SC[C@@H]2CI. The van der Waals surface area contributed by atoms with Crippen LogP contribution in [0.4, 0.5) is 0 Å². The minimum atomic E-state index is 0.142. The van der Waals surface area contributed by atoms with Gasteiger partial charge in [-0.25, -0.2) is 0 Å². The third-order valence-corrected chi connectivity index (χ3v) is 5.60. The van der Waals surface area contributed by atoms with Crippen LogP contribution in [-0.4, -0.2) is 14.7 Å². The lowest BCUT2D eigenvalue weighted by molar-refractivity contribution is 0.555. The molecular formula is C14H9IN4OS. The van der Waals surface area contributed by atoms with E-state index in [0.29, 0.717) is 16.9 Å². The summed E-state index contributed by atoms with van der Waals surface area (Å²) in [6.45, 7) is 0. The number of furan rings is 1. The van der Waals surface area contributed by atoms with Crippen LogP contribution < -0.4 is 5.49 Å². The monoisotopic (exact) mass is 408 g/mol. The number of hydrogen-bond acceptors (Lipinski definition) is 5. The Bertz CT molecular complexity index is 842. The fraction of sp³-hybridized carbons (Fsp3) is 0.214. The molecular weight excluding hydrogens is 399 g/mol. The van der Waals surface area contributed by atoms with Crippen molar-refractivity contribution in [2.45, 2.75) is 11.1 Å². The van der Waals surface area contributed by atoms with E-state index < -0.39 is 0 Å². The topological polar surface area (TPSA) is 89.5 Å². The highest BCUT2D eigenvalue weighted by Gasteiger charge is 2.30. The molecule has 0 aliphatic carbocycles. The second-order valence-corrected chi connectivity index (χ2v) is 6.36. The Morgan fingerprint density at radius 1 is 1.43 bits per heavy atom. The number of aromatic nitrogens is 1. The number of nitrogens with one attached hydrogen (secondary N) is 1. The number of pyridine rings is 1. The molecule has 0 spiro atoms. The molecule has 1 N–H and O–H groups in total. The van der Waals surface area contributed by atoms with Crippen molar-refractivity contribution in [2.75, 3.05) is 10.2 Å². The summed E-state index contributed by atoms with van der Waals surface area (Å²) in [7, 11) is 0. The molecule has 2 aromatic rings. The first-order chi connectivity index (χ1) is 10.2. The molecule has 0 bridgehead atoms. The van der Waals surface area contributed by atoms with Gasteiger partial charge in [0.2, 0.25) is 0 Å². The van der Waals surface area contributed by atoms with Crippen molar-refractivity contribution in [3.05, 3.63) is 35.0 Å². The van der Waals surface area contributed by atoms with Crippen LogP contribution in [0.3, 0.4) is 0 Å². The number of halogens is 1. The summed E-state index contributed by atoms with van der Waals surface area (Å²) in [5, 5.41) is 28.1. The third-order valence-electron chi connectivity index (χ3n) is 3.36. The van der Waals surface area contributed by atoms with Crippen LogP contribution in [0.25, 0.3) is 11.3 Å². The second kappa shape index (κ2) is 5.58. The minimum absolute atomic E-state index is 0.142. The number of fused-ring (bicyclic) bond motifs is 1. The van der Waals surface area contributed by atoms with E-state index in [1.165, 1.54) is 6.26 Å².